The first-order valence-corrected chi connectivity index (χ1v) is 3.21. The van der Waals surface area contributed by atoms with Gasteiger partial charge in [-0.05, 0) is 20.8 Å². The molecule has 0 rings (SSSR count). The number of rotatable bonds is 3. The maximum Gasteiger partial charge on any atom is 0.0855 e. The van der Waals surface area contributed by atoms with Gasteiger partial charge >= 0.3 is 0 Å². The van der Waals surface area contributed by atoms with Crippen molar-refractivity contribution >= 4 is 17.1 Å². The molecule has 0 aliphatic rings. The SMILES string of the molecule is CCOC(C)C(C)=S. The summed E-state index contributed by atoms with van der Waals surface area (Å²) < 4.78 is 5.16. The molecular weight excluding hydrogens is 120 g/mol. The van der Waals surface area contributed by atoms with E-state index in [1.807, 2.05) is 20.8 Å². The number of hydrogen-bond acceptors (Lipinski definition) is 2. The summed E-state index contributed by atoms with van der Waals surface area (Å²) in [5, 5.41) is 0. The lowest BCUT2D eigenvalue weighted by molar-refractivity contribution is 0.123. The van der Waals surface area contributed by atoms with Crippen molar-refractivity contribution in [2.75, 3.05) is 6.61 Å². The summed E-state index contributed by atoms with van der Waals surface area (Å²) in [6.45, 7) is 6.57. The molecule has 0 saturated carbocycles. The summed E-state index contributed by atoms with van der Waals surface area (Å²) in [5.74, 6) is 0. The Morgan fingerprint density at radius 1 is 1.75 bits per heavy atom. The zero-order chi connectivity index (χ0) is 6.57. The van der Waals surface area contributed by atoms with Gasteiger partial charge in [-0.1, -0.05) is 12.2 Å². The van der Waals surface area contributed by atoms with Crippen LogP contribution in [0.3, 0.4) is 0 Å². The first-order chi connectivity index (χ1) is 3.68. The Balaban J connectivity index is 3.32. The van der Waals surface area contributed by atoms with Crippen LogP contribution in [0.2, 0.25) is 0 Å². The van der Waals surface area contributed by atoms with E-state index in [1.165, 1.54) is 0 Å². The second kappa shape index (κ2) is 3.98. The summed E-state index contributed by atoms with van der Waals surface area (Å²) in [4.78, 5) is 0.923. The van der Waals surface area contributed by atoms with Crippen molar-refractivity contribution in [1.29, 1.82) is 0 Å². The molecule has 0 aliphatic carbocycles. The Labute approximate surface area is 56.0 Å². The van der Waals surface area contributed by atoms with Crippen LogP contribution in [0, 0.1) is 0 Å². The monoisotopic (exact) mass is 132 g/mol. The fourth-order valence-corrected chi connectivity index (χ4v) is 0.435. The summed E-state index contributed by atoms with van der Waals surface area (Å²) in [5.41, 5.74) is 0. The van der Waals surface area contributed by atoms with Gasteiger partial charge in [-0.15, -0.1) is 0 Å². The van der Waals surface area contributed by atoms with Crippen molar-refractivity contribution in [3.8, 4) is 0 Å². The number of ether oxygens (including phenoxy) is 1. The van der Waals surface area contributed by atoms with E-state index in [9.17, 15) is 0 Å². The molecule has 0 radical (unpaired) electrons. The molecule has 48 valence electrons. The van der Waals surface area contributed by atoms with E-state index >= 15 is 0 Å². The first kappa shape index (κ1) is 8.05. The molecule has 0 fully saturated rings. The molecule has 0 spiro atoms. The zero-order valence-corrected chi connectivity index (χ0v) is 6.42. The summed E-state index contributed by atoms with van der Waals surface area (Å²) in [6, 6.07) is 0. The van der Waals surface area contributed by atoms with Crippen molar-refractivity contribution in [3.05, 3.63) is 0 Å². The van der Waals surface area contributed by atoms with Gasteiger partial charge in [-0.2, -0.15) is 0 Å². The maximum atomic E-state index is 5.16. The molecule has 8 heavy (non-hydrogen) atoms. The molecule has 0 aliphatic heterocycles. The van der Waals surface area contributed by atoms with Gasteiger partial charge in [0.1, 0.15) is 0 Å². The van der Waals surface area contributed by atoms with Crippen LogP contribution in [0.25, 0.3) is 0 Å². The van der Waals surface area contributed by atoms with E-state index in [0.717, 1.165) is 11.5 Å². The number of thiocarbonyl (C=S) groups is 1. The van der Waals surface area contributed by atoms with Crippen molar-refractivity contribution < 1.29 is 4.74 Å². The normalized spacial score (nSPS) is 13.4. The van der Waals surface area contributed by atoms with E-state index in [1.54, 1.807) is 0 Å². The Morgan fingerprint density at radius 2 is 2.25 bits per heavy atom. The molecule has 0 bridgehead atoms. The molecule has 0 amide bonds. The Bertz CT molecular complexity index is 80.6. The molecule has 1 nitrogen and oxygen atoms in total. The molecule has 0 heterocycles. The zero-order valence-electron chi connectivity index (χ0n) is 5.60. The molecule has 0 aromatic heterocycles. The van der Waals surface area contributed by atoms with Crippen LogP contribution in [0.15, 0.2) is 0 Å². The highest BCUT2D eigenvalue weighted by molar-refractivity contribution is 7.80. The van der Waals surface area contributed by atoms with E-state index in [-0.39, 0.29) is 6.10 Å². The number of hydrogen-bond donors (Lipinski definition) is 0. The standard InChI is InChI=1S/C6H12OS/c1-4-7-5(2)6(3)8/h5H,4H2,1-3H3. The van der Waals surface area contributed by atoms with Gasteiger partial charge in [-0.3, -0.25) is 0 Å². The quantitative estimate of drug-likeness (QED) is 0.541. The van der Waals surface area contributed by atoms with Gasteiger partial charge in [-0.25, -0.2) is 0 Å². The van der Waals surface area contributed by atoms with Crippen LogP contribution in [0.1, 0.15) is 20.8 Å². The molecule has 0 saturated heterocycles. The first-order valence-electron chi connectivity index (χ1n) is 2.80. The third-order valence-electron chi connectivity index (χ3n) is 0.989. The fraction of sp³-hybridized carbons (Fsp3) is 0.833. The van der Waals surface area contributed by atoms with Crippen LogP contribution in [-0.4, -0.2) is 17.6 Å². The van der Waals surface area contributed by atoms with Crippen LogP contribution < -0.4 is 0 Å². The smallest absolute Gasteiger partial charge is 0.0855 e. The van der Waals surface area contributed by atoms with Gasteiger partial charge in [0.2, 0.25) is 0 Å². The molecular formula is C6H12OS. The summed E-state index contributed by atoms with van der Waals surface area (Å²) >= 11 is 4.86. The minimum atomic E-state index is 0.148. The highest BCUT2D eigenvalue weighted by Crippen LogP contribution is 1.92. The summed E-state index contributed by atoms with van der Waals surface area (Å²) in [7, 11) is 0. The minimum absolute atomic E-state index is 0.148. The van der Waals surface area contributed by atoms with Crippen molar-refractivity contribution in [2.24, 2.45) is 0 Å². The van der Waals surface area contributed by atoms with Crippen LogP contribution in [-0.2, 0) is 4.74 Å². The second-order valence-corrected chi connectivity index (χ2v) is 2.35. The Morgan fingerprint density at radius 3 is 2.38 bits per heavy atom. The van der Waals surface area contributed by atoms with E-state index in [2.05, 4.69) is 0 Å². The molecule has 1 atom stereocenters. The van der Waals surface area contributed by atoms with Crippen molar-refractivity contribution in [3.63, 3.8) is 0 Å². The highest BCUT2D eigenvalue weighted by atomic mass is 32.1. The van der Waals surface area contributed by atoms with Gasteiger partial charge < -0.3 is 4.74 Å². The molecule has 1 unspecified atom stereocenters. The topological polar surface area (TPSA) is 9.23 Å². The van der Waals surface area contributed by atoms with E-state index in [0.29, 0.717) is 0 Å². The lowest BCUT2D eigenvalue weighted by atomic mass is 10.3. The van der Waals surface area contributed by atoms with Crippen LogP contribution >= 0.6 is 12.2 Å². The lowest BCUT2D eigenvalue weighted by Crippen LogP contribution is -2.15. The maximum absolute atomic E-state index is 5.16. The molecule has 0 N–H and O–H groups in total. The highest BCUT2D eigenvalue weighted by Gasteiger charge is 1.99. The third kappa shape index (κ3) is 3.10. The van der Waals surface area contributed by atoms with E-state index in [4.69, 9.17) is 17.0 Å². The second-order valence-electron chi connectivity index (χ2n) is 1.71. The lowest BCUT2D eigenvalue weighted by Gasteiger charge is -2.07. The predicted octanol–water partition coefficient (Wildman–Crippen LogP) is 1.80. The molecule has 0 aromatic carbocycles. The van der Waals surface area contributed by atoms with E-state index < -0.39 is 0 Å². The van der Waals surface area contributed by atoms with Crippen molar-refractivity contribution in [1.82, 2.24) is 0 Å². The fourth-order valence-electron chi connectivity index (χ4n) is 0.367. The molecule has 2 heteroatoms. The summed E-state index contributed by atoms with van der Waals surface area (Å²) in [6.07, 6.45) is 0.148. The predicted molar refractivity (Wildman–Crippen MR) is 39.4 cm³/mol. The Hall–Kier alpha value is 0.0500. The van der Waals surface area contributed by atoms with Gasteiger partial charge in [0.25, 0.3) is 0 Å². The van der Waals surface area contributed by atoms with Gasteiger partial charge in [0.05, 0.1) is 6.10 Å². The van der Waals surface area contributed by atoms with Gasteiger partial charge in [0.15, 0.2) is 0 Å². The Kier molecular flexibility index (Phi) is 4.01. The van der Waals surface area contributed by atoms with Crippen LogP contribution in [0.4, 0.5) is 0 Å². The average molecular weight is 132 g/mol. The third-order valence-corrected chi connectivity index (χ3v) is 1.32. The van der Waals surface area contributed by atoms with Crippen LogP contribution in [0.5, 0.6) is 0 Å². The largest absolute Gasteiger partial charge is 0.374 e. The minimum Gasteiger partial charge on any atom is -0.374 e. The van der Waals surface area contributed by atoms with Crippen molar-refractivity contribution in [2.45, 2.75) is 26.9 Å². The van der Waals surface area contributed by atoms with Gasteiger partial charge in [0, 0.05) is 11.5 Å². The average Bonchev–Trinajstić information content (AvgIpc) is 1.67. The molecule has 0 aromatic rings.